The SMILES string of the molecule is NCCC(c1ccc(-c2cn[nH]c2)cc1)c1ccccc1F. The van der Waals surface area contributed by atoms with Gasteiger partial charge >= 0.3 is 0 Å². The van der Waals surface area contributed by atoms with Gasteiger partial charge < -0.3 is 5.73 Å². The summed E-state index contributed by atoms with van der Waals surface area (Å²) in [6, 6.07) is 15.0. The monoisotopic (exact) mass is 295 g/mol. The van der Waals surface area contributed by atoms with Crippen LogP contribution in [0.5, 0.6) is 0 Å². The molecule has 2 aromatic carbocycles. The molecule has 3 aromatic rings. The summed E-state index contributed by atoms with van der Waals surface area (Å²) < 4.78 is 14.1. The lowest BCUT2D eigenvalue weighted by atomic mass is 9.87. The van der Waals surface area contributed by atoms with Crippen LogP contribution in [0.15, 0.2) is 60.9 Å². The molecule has 1 heterocycles. The van der Waals surface area contributed by atoms with Crippen molar-refractivity contribution in [3.63, 3.8) is 0 Å². The van der Waals surface area contributed by atoms with E-state index in [0.717, 1.165) is 16.7 Å². The van der Waals surface area contributed by atoms with Crippen LogP contribution in [-0.4, -0.2) is 16.7 Å². The van der Waals surface area contributed by atoms with E-state index < -0.39 is 0 Å². The zero-order chi connectivity index (χ0) is 15.4. The van der Waals surface area contributed by atoms with Crippen molar-refractivity contribution in [3.8, 4) is 11.1 Å². The Morgan fingerprint density at radius 3 is 2.45 bits per heavy atom. The van der Waals surface area contributed by atoms with E-state index in [1.165, 1.54) is 6.07 Å². The number of H-pyrrole nitrogens is 1. The first-order chi connectivity index (χ1) is 10.8. The van der Waals surface area contributed by atoms with Gasteiger partial charge in [-0.15, -0.1) is 0 Å². The average molecular weight is 295 g/mol. The fourth-order valence-corrected chi connectivity index (χ4v) is 2.74. The van der Waals surface area contributed by atoms with Crippen LogP contribution < -0.4 is 5.73 Å². The van der Waals surface area contributed by atoms with Gasteiger partial charge in [0.2, 0.25) is 0 Å². The van der Waals surface area contributed by atoms with Crippen molar-refractivity contribution in [1.82, 2.24) is 10.2 Å². The summed E-state index contributed by atoms with van der Waals surface area (Å²) in [4.78, 5) is 0. The Labute approximate surface area is 129 Å². The van der Waals surface area contributed by atoms with Gasteiger partial charge in [0.15, 0.2) is 0 Å². The van der Waals surface area contributed by atoms with E-state index in [1.807, 2.05) is 42.6 Å². The Kier molecular flexibility index (Phi) is 4.30. The molecule has 0 saturated heterocycles. The highest BCUT2D eigenvalue weighted by atomic mass is 19.1. The smallest absolute Gasteiger partial charge is 0.127 e. The summed E-state index contributed by atoms with van der Waals surface area (Å²) in [5.41, 5.74) is 9.61. The Bertz CT molecular complexity index is 720. The highest BCUT2D eigenvalue weighted by Gasteiger charge is 2.17. The maximum absolute atomic E-state index is 14.1. The molecule has 0 fully saturated rings. The molecule has 0 amide bonds. The molecule has 112 valence electrons. The predicted molar refractivity (Wildman–Crippen MR) is 85.9 cm³/mol. The minimum absolute atomic E-state index is 0.0235. The van der Waals surface area contributed by atoms with Crippen LogP contribution in [0.2, 0.25) is 0 Å². The van der Waals surface area contributed by atoms with Crippen LogP contribution in [0.1, 0.15) is 23.5 Å². The minimum atomic E-state index is -0.181. The van der Waals surface area contributed by atoms with Crippen molar-refractivity contribution in [3.05, 3.63) is 77.9 Å². The van der Waals surface area contributed by atoms with Gasteiger partial charge in [-0.25, -0.2) is 4.39 Å². The van der Waals surface area contributed by atoms with Crippen molar-refractivity contribution in [2.24, 2.45) is 5.73 Å². The van der Waals surface area contributed by atoms with Crippen molar-refractivity contribution >= 4 is 0 Å². The summed E-state index contributed by atoms with van der Waals surface area (Å²) in [6.45, 7) is 0.516. The molecule has 3 nitrogen and oxygen atoms in total. The van der Waals surface area contributed by atoms with Crippen molar-refractivity contribution in [2.75, 3.05) is 6.54 Å². The molecule has 1 atom stereocenters. The van der Waals surface area contributed by atoms with E-state index in [9.17, 15) is 4.39 Å². The molecule has 0 saturated carbocycles. The highest BCUT2D eigenvalue weighted by molar-refractivity contribution is 5.62. The number of aromatic nitrogens is 2. The fourth-order valence-electron chi connectivity index (χ4n) is 2.74. The van der Waals surface area contributed by atoms with E-state index in [0.29, 0.717) is 18.5 Å². The molecule has 3 N–H and O–H groups in total. The topological polar surface area (TPSA) is 54.7 Å². The van der Waals surface area contributed by atoms with E-state index in [4.69, 9.17) is 5.73 Å². The minimum Gasteiger partial charge on any atom is -0.330 e. The normalized spacial score (nSPS) is 12.3. The molecule has 0 aliphatic heterocycles. The summed E-state index contributed by atoms with van der Waals surface area (Å²) in [7, 11) is 0. The number of benzene rings is 2. The number of nitrogens with zero attached hydrogens (tertiary/aromatic N) is 1. The van der Waals surface area contributed by atoms with Gasteiger partial charge in [-0.2, -0.15) is 5.10 Å². The Balaban J connectivity index is 1.94. The second-order valence-corrected chi connectivity index (χ2v) is 5.26. The van der Waals surface area contributed by atoms with Crippen molar-refractivity contribution in [1.29, 1.82) is 0 Å². The standard InChI is InChI=1S/C18H18FN3/c19-18-4-2-1-3-17(18)16(9-10-20)14-7-5-13(6-8-14)15-11-21-22-12-15/h1-8,11-12,16H,9-10,20H2,(H,21,22). The average Bonchev–Trinajstić information content (AvgIpc) is 3.08. The van der Waals surface area contributed by atoms with Crippen LogP contribution in [-0.2, 0) is 0 Å². The van der Waals surface area contributed by atoms with E-state index in [1.54, 1.807) is 12.3 Å². The molecular weight excluding hydrogens is 277 g/mol. The number of hydrogen-bond donors (Lipinski definition) is 2. The quantitative estimate of drug-likeness (QED) is 0.754. The largest absolute Gasteiger partial charge is 0.330 e. The lowest BCUT2D eigenvalue weighted by molar-refractivity contribution is 0.587. The van der Waals surface area contributed by atoms with Crippen LogP contribution in [0, 0.1) is 5.82 Å². The number of aromatic amines is 1. The molecule has 0 bridgehead atoms. The number of nitrogens with two attached hydrogens (primary N) is 1. The number of hydrogen-bond acceptors (Lipinski definition) is 2. The first-order valence-electron chi connectivity index (χ1n) is 7.33. The summed E-state index contributed by atoms with van der Waals surface area (Å²) in [5, 5.41) is 6.76. The maximum Gasteiger partial charge on any atom is 0.127 e. The lowest BCUT2D eigenvalue weighted by Crippen LogP contribution is -2.10. The molecule has 22 heavy (non-hydrogen) atoms. The summed E-state index contributed by atoms with van der Waals surface area (Å²) >= 11 is 0. The first kappa shape index (κ1) is 14.5. The van der Waals surface area contributed by atoms with Gasteiger partial charge in [0.05, 0.1) is 6.20 Å². The second-order valence-electron chi connectivity index (χ2n) is 5.26. The van der Waals surface area contributed by atoms with Crippen LogP contribution in [0.25, 0.3) is 11.1 Å². The van der Waals surface area contributed by atoms with Gasteiger partial charge in [-0.1, -0.05) is 42.5 Å². The molecular formula is C18H18FN3. The Morgan fingerprint density at radius 1 is 1.05 bits per heavy atom. The molecule has 0 radical (unpaired) electrons. The highest BCUT2D eigenvalue weighted by Crippen LogP contribution is 2.31. The molecule has 0 aliphatic rings. The number of halogens is 1. The molecule has 0 spiro atoms. The van der Waals surface area contributed by atoms with E-state index in [-0.39, 0.29) is 11.7 Å². The van der Waals surface area contributed by atoms with Gasteiger partial charge in [0.25, 0.3) is 0 Å². The molecule has 1 unspecified atom stereocenters. The van der Waals surface area contributed by atoms with Crippen LogP contribution in [0.3, 0.4) is 0 Å². The third-order valence-corrected chi connectivity index (χ3v) is 3.88. The first-order valence-corrected chi connectivity index (χ1v) is 7.33. The second kappa shape index (κ2) is 6.54. The van der Waals surface area contributed by atoms with Crippen LogP contribution in [0.4, 0.5) is 4.39 Å². The maximum atomic E-state index is 14.1. The molecule has 4 heteroatoms. The van der Waals surface area contributed by atoms with Crippen molar-refractivity contribution in [2.45, 2.75) is 12.3 Å². The zero-order valence-corrected chi connectivity index (χ0v) is 12.2. The third-order valence-electron chi connectivity index (χ3n) is 3.88. The van der Waals surface area contributed by atoms with E-state index in [2.05, 4.69) is 10.2 Å². The fraction of sp³-hybridized carbons (Fsp3) is 0.167. The van der Waals surface area contributed by atoms with Gasteiger partial charge in [0, 0.05) is 17.7 Å². The predicted octanol–water partition coefficient (Wildman–Crippen LogP) is 3.70. The van der Waals surface area contributed by atoms with E-state index >= 15 is 0 Å². The van der Waals surface area contributed by atoms with Gasteiger partial charge in [-0.05, 0) is 35.7 Å². The molecule has 0 aliphatic carbocycles. The van der Waals surface area contributed by atoms with Gasteiger partial charge in [-0.3, -0.25) is 5.10 Å². The zero-order valence-electron chi connectivity index (χ0n) is 12.2. The number of rotatable bonds is 5. The lowest BCUT2D eigenvalue weighted by Gasteiger charge is -2.18. The van der Waals surface area contributed by atoms with Crippen molar-refractivity contribution < 1.29 is 4.39 Å². The van der Waals surface area contributed by atoms with Crippen LogP contribution >= 0.6 is 0 Å². The third kappa shape index (κ3) is 2.92. The summed E-state index contributed by atoms with van der Waals surface area (Å²) in [6.07, 6.45) is 4.35. The molecule has 3 rings (SSSR count). The van der Waals surface area contributed by atoms with Gasteiger partial charge in [0.1, 0.15) is 5.82 Å². The Morgan fingerprint density at radius 2 is 1.82 bits per heavy atom. The Hall–Kier alpha value is -2.46. The number of nitrogens with one attached hydrogen (secondary N) is 1. The summed E-state index contributed by atoms with van der Waals surface area (Å²) in [5.74, 6) is -0.204. The molecule has 1 aromatic heterocycles.